The Bertz CT molecular complexity index is 377. The van der Waals surface area contributed by atoms with E-state index in [-0.39, 0.29) is 5.60 Å². The third kappa shape index (κ3) is 3.81. The summed E-state index contributed by atoms with van der Waals surface area (Å²) in [6, 6.07) is 9.15. The molecule has 1 aromatic rings. The summed E-state index contributed by atoms with van der Waals surface area (Å²) < 4.78 is 7.16. The molecular weight excluding hydrogens is 290 g/mol. The van der Waals surface area contributed by atoms with Gasteiger partial charge in [-0.3, -0.25) is 0 Å². The summed E-state index contributed by atoms with van der Waals surface area (Å²) in [5.74, 6) is 0. The lowest BCUT2D eigenvalue weighted by atomic mass is 9.86. The van der Waals surface area contributed by atoms with Crippen molar-refractivity contribution < 1.29 is 4.74 Å². The smallest absolute Gasteiger partial charge is 0.0709 e. The fourth-order valence-corrected chi connectivity index (χ4v) is 3.01. The van der Waals surface area contributed by atoms with Crippen molar-refractivity contribution in [2.45, 2.75) is 44.8 Å². The highest BCUT2D eigenvalue weighted by atomic mass is 79.9. The molecule has 1 aromatic carbocycles. The number of rotatable bonds is 4. The third-order valence-electron chi connectivity index (χ3n) is 3.58. The Morgan fingerprint density at radius 2 is 2.11 bits per heavy atom. The molecule has 0 radical (unpaired) electrons. The fraction of sp³-hybridized carbons (Fsp3) is 0.600. The van der Waals surface area contributed by atoms with E-state index in [1.165, 1.54) is 5.56 Å². The second kappa shape index (κ2) is 6.18. The minimum Gasteiger partial charge on any atom is -0.375 e. The van der Waals surface area contributed by atoms with Crippen molar-refractivity contribution in [3.05, 3.63) is 34.3 Å². The number of hydrogen-bond acceptors (Lipinski definition) is 2. The van der Waals surface area contributed by atoms with Crippen LogP contribution in [0.25, 0.3) is 0 Å². The highest BCUT2D eigenvalue weighted by Gasteiger charge is 2.32. The summed E-state index contributed by atoms with van der Waals surface area (Å²) in [5, 5.41) is 3.55. The fourth-order valence-electron chi connectivity index (χ4n) is 2.75. The van der Waals surface area contributed by atoms with Gasteiger partial charge in [0.1, 0.15) is 0 Å². The van der Waals surface area contributed by atoms with Crippen LogP contribution in [-0.4, -0.2) is 24.8 Å². The Balaban J connectivity index is 1.99. The molecular formula is C15H22BrNO. The van der Waals surface area contributed by atoms with Crippen molar-refractivity contribution in [3.8, 4) is 0 Å². The summed E-state index contributed by atoms with van der Waals surface area (Å²) in [7, 11) is 0. The van der Waals surface area contributed by atoms with Crippen molar-refractivity contribution in [1.82, 2.24) is 5.32 Å². The topological polar surface area (TPSA) is 21.3 Å². The Morgan fingerprint density at radius 3 is 2.78 bits per heavy atom. The van der Waals surface area contributed by atoms with Crippen molar-refractivity contribution in [2.75, 3.05) is 13.2 Å². The van der Waals surface area contributed by atoms with Gasteiger partial charge >= 0.3 is 0 Å². The van der Waals surface area contributed by atoms with Gasteiger partial charge in [-0.25, -0.2) is 0 Å². The van der Waals surface area contributed by atoms with Crippen LogP contribution in [0.15, 0.2) is 28.7 Å². The average molecular weight is 312 g/mol. The second-order valence-electron chi connectivity index (χ2n) is 5.35. The minimum atomic E-state index is -0.0289. The molecule has 0 saturated carbocycles. The lowest BCUT2D eigenvalue weighted by Gasteiger charge is -2.39. The number of halogens is 1. The van der Waals surface area contributed by atoms with Crippen LogP contribution in [0.5, 0.6) is 0 Å². The number of nitrogens with one attached hydrogen (secondary N) is 1. The highest BCUT2D eigenvalue weighted by molar-refractivity contribution is 9.10. The quantitative estimate of drug-likeness (QED) is 0.918. The molecule has 0 bridgehead atoms. The van der Waals surface area contributed by atoms with E-state index in [9.17, 15) is 0 Å². The number of ether oxygens (including phenoxy) is 1. The first kappa shape index (κ1) is 14.0. The van der Waals surface area contributed by atoms with Gasteiger partial charge in [-0.1, -0.05) is 35.0 Å². The molecule has 0 amide bonds. The van der Waals surface area contributed by atoms with Crippen molar-refractivity contribution >= 4 is 15.9 Å². The Labute approximate surface area is 118 Å². The van der Waals surface area contributed by atoms with Gasteiger partial charge in [0.2, 0.25) is 0 Å². The van der Waals surface area contributed by atoms with Crippen LogP contribution in [-0.2, 0) is 11.2 Å². The lowest BCUT2D eigenvalue weighted by Crippen LogP contribution is -2.46. The molecule has 0 aliphatic carbocycles. The van der Waals surface area contributed by atoms with Crippen molar-refractivity contribution in [1.29, 1.82) is 0 Å². The summed E-state index contributed by atoms with van der Waals surface area (Å²) in [5.41, 5.74) is 1.32. The van der Waals surface area contributed by atoms with Gasteiger partial charge in [0, 0.05) is 23.5 Å². The molecule has 1 N–H and O–H groups in total. The van der Waals surface area contributed by atoms with Crippen LogP contribution in [0.1, 0.15) is 32.3 Å². The predicted molar refractivity (Wildman–Crippen MR) is 78.9 cm³/mol. The maximum Gasteiger partial charge on any atom is 0.0709 e. The number of hydrogen-bond donors (Lipinski definition) is 1. The zero-order valence-corrected chi connectivity index (χ0v) is 12.8. The molecule has 3 heteroatoms. The average Bonchev–Trinajstić information content (AvgIpc) is 2.32. The highest BCUT2D eigenvalue weighted by Crippen LogP contribution is 2.29. The first-order valence-corrected chi connectivity index (χ1v) is 7.52. The van der Waals surface area contributed by atoms with Gasteiger partial charge in [0.15, 0.2) is 0 Å². The molecule has 2 atom stereocenters. The van der Waals surface area contributed by atoms with E-state index < -0.39 is 0 Å². The van der Waals surface area contributed by atoms with E-state index in [4.69, 9.17) is 4.74 Å². The van der Waals surface area contributed by atoms with E-state index >= 15 is 0 Å². The Hall–Kier alpha value is -0.380. The van der Waals surface area contributed by atoms with Crippen LogP contribution in [0.3, 0.4) is 0 Å². The van der Waals surface area contributed by atoms with Gasteiger partial charge < -0.3 is 10.1 Å². The minimum absolute atomic E-state index is 0.0289. The maximum atomic E-state index is 6.02. The molecule has 2 nitrogen and oxygen atoms in total. The van der Waals surface area contributed by atoms with Gasteiger partial charge in [-0.15, -0.1) is 0 Å². The van der Waals surface area contributed by atoms with Gasteiger partial charge in [0.05, 0.1) is 5.60 Å². The first-order valence-electron chi connectivity index (χ1n) is 6.73. The molecule has 1 fully saturated rings. The van der Waals surface area contributed by atoms with Crippen LogP contribution in [0.2, 0.25) is 0 Å². The molecule has 18 heavy (non-hydrogen) atoms. The molecule has 0 spiro atoms. The lowest BCUT2D eigenvalue weighted by molar-refractivity contribution is -0.0750. The molecule has 2 unspecified atom stereocenters. The van der Waals surface area contributed by atoms with E-state index in [0.717, 1.165) is 36.9 Å². The summed E-state index contributed by atoms with van der Waals surface area (Å²) >= 11 is 3.47. The Kier molecular flexibility index (Phi) is 4.82. The second-order valence-corrected chi connectivity index (χ2v) is 6.26. The molecule has 1 saturated heterocycles. The maximum absolute atomic E-state index is 6.02. The monoisotopic (exact) mass is 311 g/mol. The summed E-state index contributed by atoms with van der Waals surface area (Å²) in [4.78, 5) is 0. The molecule has 0 aromatic heterocycles. The van der Waals surface area contributed by atoms with Gasteiger partial charge in [-0.05, 0) is 44.0 Å². The van der Waals surface area contributed by atoms with Crippen molar-refractivity contribution in [3.63, 3.8) is 0 Å². The molecule has 100 valence electrons. The van der Waals surface area contributed by atoms with Crippen LogP contribution in [0.4, 0.5) is 0 Å². The summed E-state index contributed by atoms with van der Waals surface area (Å²) in [6.07, 6.45) is 3.21. The van der Waals surface area contributed by atoms with Crippen LogP contribution in [0, 0.1) is 0 Å². The molecule has 1 heterocycles. The summed E-state index contributed by atoms with van der Waals surface area (Å²) in [6.45, 7) is 6.31. The largest absolute Gasteiger partial charge is 0.375 e. The normalized spacial score (nSPS) is 28.3. The zero-order chi connectivity index (χ0) is 13.0. The van der Waals surface area contributed by atoms with E-state index in [2.05, 4.69) is 59.4 Å². The first-order chi connectivity index (χ1) is 8.61. The van der Waals surface area contributed by atoms with Crippen molar-refractivity contribution in [2.24, 2.45) is 0 Å². The zero-order valence-electron chi connectivity index (χ0n) is 11.2. The number of benzene rings is 1. The van der Waals surface area contributed by atoms with Crippen LogP contribution < -0.4 is 5.32 Å². The SMILES string of the molecule is CCNC1CCOC(C)(Cc2ccc(Br)cc2)C1. The van der Waals surface area contributed by atoms with E-state index in [0.29, 0.717) is 6.04 Å². The predicted octanol–water partition coefficient (Wildman–Crippen LogP) is 3.54. The van der Waals surface area contributed by atoms with Crippen LogP contribution >= 0.6 is 15.9 Å². The molecule has 1 aliphatic rings. The van der Waals surface area contributed by atoms with Gasteiger partial charge in [0.25, 0.3) is 0 Å². The third-order valence-corrected chi connectivity index (χ3v) is 4.11. The standard InChI is InChI=1S/C15H22BrNO/c1-3-17-14-8-9-18-15(2,11-14)10-12-4-6-13(16)7-5-12/h4-7,14,17H,3,8-11H2,1-2H3. The van der Waals surface area contributed by atoms with E-state index in [1.54, 1.807) is 0 Å². The van der Waals surface area contributed by atoms with E-state index in [1.807, 2.05) is 0 Å². The molecule has 1 aliphatic heterocycles. The Morgan fingerprint density at radius 1 is 1.39 bits per heavy atom. The van der Waals surface area contributed by atoms with Gasteiger partial charge in [-0.2, -0.15) is 0 Å². The molecule has 2 rings (SSSR count).